The fourth-order valence-corrected chi connectivity index (χ4v) is 3.93. The topological polar surface area (TPSA) is 58.8 Å². The van der Waals surface area contributed by atoms with E-state index in [1.165, 1.54) is 6.07 Å². The molecular weight excluding hydrogens is 435 g/mol. The summed E-state index contributed by atoms with van der Waals surface area (Å²) >= 11 is 6.07. The fourth-order valence-electron chi connectivity index (χ4n) is 3.65. The number of alkyl halides is 3. The molecule has 0 aliphatic carbocycles. The molecule has 0 spiro atoms. The maximum atomic E-state index is 12.8. The number of hydrogen-bond acceptors (Lipinski definition) is 6. The van der Waals surface area contributed by atoms with Crippen LogP contribution in [0.15, 0.2) is 45.7 Å². The van der Waals surface area contributed by atoms with Crippen LogP contribution in [0.5, 0.6) is 5.75 Å². The van der Waals surface area contributed by atoms with E-state index in [4.69, 9.17) is 20.8 Å². The van der Waals surface area contributed by atoms with Crippen LogP contribution in [0.3, 0.4) is 0 Å². The summed E-state index contributed by atoms with van der Waals surface area (Å²) in [5.41, 5.74) is -0.00399. The van der Waals surface area contributed by atoms with E-state index in [9.17, 15) is 18.0 Å². The molecule has 0 unspecified atom stereocenters. The Labute approximate surface area is 180 Å². The molecule has 1 saturated heterocycles. The number of methoxy groups -OCH3 is 1. The lowest BCUT2D eigenvalue weighted by molar-refractivity contribution is -0.137. The highest BCUT2D eigenvalue weighted by atomic mass is 35.5. The first kappa shape index (κ1) is 21.5. The number of fused-ring (bicyclic) bond motifs is 1. The normalized spacial score (nSPS) is 15.5. The van der Waals surface area contributed by atoms with E-state index in [2.05, 4.69) is 9.88 Å². The average Bonchev–Trinajstić information content (AvgIpc) is 2.73. The van der Waals surface area contributed by atoms with E-state index < -0.39 is 17.4 Å². The Morgan fingerprint density at radius 1 is 1.16 bits per heavy atom. The lowest BCUT2D eigenvalue weighted by atomic mass is 10.1. The molecule has 1 aliphatic heterocycles. The number of piperazine rings is 1. The van der Waals surface area contributed by atoms with Gasteiger partial charge in [0.1, 0.15) is 17.2 Å². The van der Waals surface area contributed by atoms with Gasteiger partial charge in [0.2, 0.25) is 0 Å². The molecular formula is C21H19ClF3N3O3. The van der Waals surface area contributed by atoms with Gasteiger partial charge in [0, 0.05) is 56.4 Å². The molecule has 1 aromatic carbocycles. The van der Waals surface area contributed by atoms with Crippen LogP contribution in [-0.4, -0.2) is 43.2 Å². The molecule has 0 N–H and O–H groups in total. The molecule has 10 heteroatoms. The van der Waals surface area contributed by atoms with Crippen molar-refractivity contribution < 1.29 is 22.3 Å². The van der Waals surface area contributed by atoms with Crippen molar-refractivity contribution in [1.82, 2.24) is 9.88 Å². The third-order valence-corrected chi connectivity index (χ3v) is 5.53. The summed E-state index contributed by atoms with van der Waals surface area (Å²) in [5, 5.41) is 0.805. The molecule has 0 radical (unpaired) electrons. The minimum absolute atomic E-state index is 0.0242. The molecule has 4 rings (SSSR count). The number of benzene rings is 1. The molecule has 3 aromatic rings. The molecule has 0 bridgehead atoms. The van der Waals surface area contributed by atoms with E-state index in [0.29, 0.717) is 49.9 Å². The van der Waals surface area contributed by atoms with Crippen molar-refractivity contribution in [3.05, 3.63) is 63.1 Å². The zero-order valence-electron chi connectivity index (χ0n) is 16.6. The second-order valence-electron chi connectivity index (χ2n) is 7.24. The van der Waals surface area contributed by atoms with Crippen molar-refractivity contribution in [1.29, 1.82) is 0 Å². The number of aromatic nitrogens is 1. The lowest BCUT2D eigenvalue weighted by Gasteiger charge is -2.36. The summed E-state index contributed by atoms with van der Waals surface area (Å²) < 4.78 is 49.0. The minimum Gasteiger partial charge on any atom is -0.497 e. The quantitative estimate of drug-likeness (QED) is 0.552. The van der Waals surface area contributed by atoms with Gasteiger partial charge in [-0.25, -0.2) is 9.78 Å². The Kier molecular flexibility index (Phi) is 5.81. The molecule has 2 aromatic heterocycles. The highest BCUT2D eigenvalue weighted by Gasteiger charge is 2.32. The van der Waals surface area contributed by atoms with Crippen LogP contribution in [0.2, 0.25) is 5.02 Å². The standard InChI is InChI=1S/C21H19ClF3N3O3/c1-30-15-2-3-16-13(8-19(29)31-18(16)10-15)12-27-4-6-28(7-5-27)20-17(22)9-14(11-26-20)21(23,24)25/h2-3,8-11H,4-7,12H2,1H3. The predicted molar refractivity (Wildman–Crippen MR) is 111 cm³/mol. The summed E-state index contributed by atoms with van der Waals surface area (Å²) in [7, 11) is 1.54. The van der Waals surface area contributed by atoms with E-state index >= 15 is 0 Å². The van der Waals surface area contributed by atoms with Crippen LogP contribution >= 0.6 is 11.6 Å². The van der Waals surface area contributed by atoms with Gasteiger partial charge in [-0.15, -0.1) is 0 Å². The van der Waals surface area contributed by atoms with Gasteiger partial charge in [0.25, 0.3) is 0 Å². The Bertz CT molecular complexity index is 1160. The summed E-state index contributed by atoms with van der Waals surface area (Å²) in [6, 6.07) is 7.72. The van der Waals surface area contributed by atoms with Gasteiger partial charge in [-0.1, -0.05) is 11.6 Å². The van der Waals surface area contributed by atoms with Crippen molar-refractivity contribution in [2.24, 2.45) is 0 Å². The molecule has 0 amide bonds. The van der Waals surface area contributed by atoms with Crippen LogP contribution in [0.25, 0.3) is 11.0 Å². The third kappa shape index (κ3) is 4.62. The molecule has 1 fully saturated rings. The van der Waals surface area contributed by atoms with Crippen molar-refractivity contribution >= 4 is 28.4 Å². The maximum absolute atomic E-state index is 12.8. The van der Waals surface area contributed by atoms with Crippen LogP contribution in [-0.2, 0) is 12.7 Å². The average molecular weight is 454 g/mol. The minimum atomic E-state index is -4.48. The SMILES string of the molecule is COc1ccc2c(CN3CCN(c4ncc(C(F)(F)F)cc4Cl)CC3)cc(=O)oc2c1. The zero-order valence-corrected chi connectivity index (χ0v) is 17.3. The lowest BCUT2D eigenvalue weighted by Crippen LogP contribution is -2.46. The molecule has 6 nitrogen and oxygen atoms in total. The summed E-state index contributed by atoms with van der Waals surface area (Å²) in [6.07, 6.45) is -3.68. The van der Waals surface area contributed by atoms with Crippen LogP contribution in [0, 0.1) is 0 Å². The Morgan fingerprint density at radius 2 is 1.90 bits per heavy atom. The molecule has 0 atom stereocenters. The predicted octanol–water partition coefficient (Wildman–Crippen LogP) is 4.19. The van der Waals surface area contributed by atoms with Crippen molar-refractivity contribution in [2.45, 2.75) is 12.7 Å². The Hall–Kier alpha value is -2.78. The van der Waals surface area contributed by atoms with Gasteiger partial charge < -0.3 is 14.1 Å². The van der Waals surface area contributed by atoms with Gasteiger partial charge in [-0.05, 0) is 23.8 Å². The van der Waals surface area contributed by atoms with Crippen LogP contribution in [0.4, 0.5) is 19.0 Å². The van der Waals surface area contributed by atoms with Crippen LogP contribution < -0.4 is 15.3 Å². The van der Waals surface area contributed by atoms with Gasteiger partial charge in [-0.3, -0.25) is 4.90 Å². The van der Waals surface area contributed by atoms with E-state index in [0.717, 1.165) is 23.2 Å². The monoisotopic (exact) mass is 453 g/mol. The Morgan fingerprint density at radius 3 is 2.55 bits per heavy atom. The number of hydrogen-bond donors (Lipinski definition) is 0. The second-order valence-corrected chi connectivity index (χ2v) is 7.65. The first-order valence-corrected chi connectivity index (χ1v) is 9.93. The zero-order chi connectivity index (χ0) is 22.2. The van der Waals surface area contributed by atoms with E-state index in [1.54, 1.807) is 13.2 Å². The van der Waals surface area contributed by atoms with E-state index in [-0.39, 0.29) is 5.02 Å². The van der Waals surface area contributed by atoms with Gasteiger partial charge >= 0.3 is 11.8 Å². The number of anilines is 1. The molecule has 164 valence electrons. The summed E-state index contributed by atoms with van der Waals surface area (Å²) in [6.45, 7) is 2.90. The summed E-state index contributed by atoms with van der Waals surface area (Å²) in [4.78, 5) is 19.9. The number of pyridine rings is 1. The number of nitrogens with zero attached hydrogens (tertiary/aromatic N) is 3. The molecule has 3 heterocycles. The van der Waals surface area contributed by atoms with Crippen molar-refractivity contribution in [2.75, 3.05) is 38.2 Å². The summed E-state index contributed by atoms with van der Waals surface area (Å²) in [5.74, 6) is 0.939. The number of rotatable bonds is 4. The van der Waals surface area contributed by atoms with Gasteiger partial charge in [0.15, 0.2) is 0 Å². The first-order valence-electron chi connectivity index (χ1n) is 9.55. The smallest absolute Gasteiger partial charge is 0.417 e. The maximum Gasteiger partial charge on any atom is 0.417 e. The van der Waals surface area contributed by atoms with Gasteiger partial charge in [0.05, 0.1) is 17.7 Å². The highest BCUT2D eigenvalue weighted by molar-refractivity contribution is 6.33. The molecule has 1 aliphatic rings. The Balaban J connectivity index is 1.47. The third-order valence-electron chi connectivity index (χ3n) is 5.25. The number of ether oxygens (including phenoxy) is 1. The molecule has 31 heavy (non-hydrogen) atoms. The fraction of sp³-hybridized carbons (Fsp3) is 0.333. The first-order chi connectivity index (χ1) is 14.7. The van der Waals surface area contributed by atoms with E-state index in [1.807, 2.05) is 17.0 Å². The largest absolute Gasteiger partial charge is 0.497 e. The van der Waals surface area contributed by atoms with Crippen LogP contribution in [0.1, 0.15) is 11.1 Å². The number of halogens is 4. The van der Waals surface area contributed by atoms with Crippen molar-refractivity contribution in [3.63, 3.8) is 0 Å². The highest BCUT2D eigenvalue weighted by Crippen LogP contribution is 2.34. The van der Waals surface area contributed by atoms with Crippen molar-refractivity contribution in [3.8, 4) is 5.75 Å². The second kappa shape index (κ2) is 8.39. The van der Waals surface area contributed by atoms with Gasteiger partial charge in [-0.2, -0.15) is 13.2 Å². The molecule has 0 saturated carbocycles.